The molecule has 0 saturated carbocycles. The van der Waals surface area contributed by atoms with E-state index < -0.39 is 0 Å². The number of aromatic nitrogens is 3. The second kappa shape index (κ2) is 8.62. The highest BCUT2D eigenvalue weighted by Gasteiger charge is 2.26. The summed E-state index contributed by atoms with van der Waals surface area (Å²) in [5, 5.41) is 4.14. The molecule has 140 valence electrons. The Hall–Kier alpha value is -2.95. The van der Waals surface area contributed by atoms with Crippen LogP contribution in [0.15, 0.2) is 67.3 Å². The largest absolute Gasteiger partial charge is 0.338 e. The number of carbonyl (C=O) groups excluding carboxylic acids is 1. The Morgan fingerprint density at radius 2 is 1.78 bits per heavy atom. The quantitative estimate of drug-likeness (QED) is 0.627. The summed E-state index contributed by atoms with van der Waals surface area (Å²) in [6.07, 6.45) is 5.01. The molecule has 3 aromatic rings. The molecule has 0 saturated heterocycles. The van der Waals surface area contributed by atoms with Crippen molar-refractivity contribution >= 4 is 5.91 Å². The summed E-state index contributed by atoms with van der Waals surface area (Å²) in [6.45, 7) is 4.19. The van der Waals surface area contributed by atoms with Crippen molar-refractivity contribution in [1.29, 1.82) is 0 Å². The molecule has 0 aliphatic rings. The van der Waals surface area contributed by atoms with Crippen molar-refractivity contribution in [3.05, 3.63) is 78.4 Å². The van der Waals surface area contributed by atoms with Gasteiger partial charge in [0.15, 0.2) is 0 Å². The first-order valence-corrected chi connectivity index (χ1v) is 9.38. The van der Waals surface area contributed by atoms with Crippen LogP contribution in [0.1, 0.15) is 49.8 Å². The van der Waals surface area contributed by atoms with Gasteiger partial charge in [-0.1, -0.05) is 55.8 Å². The third kappa shape index (κ3) is 4.25. The third-order valence-electron chi connectivity index (χ3n) is 5.06. The molecule has 0 bridgehead atoms. The zero-order valence-electron chi connectivity index (χ0n) is 16.1. The topological polar surface area (TPSA) is 51.0 Å². The standard InChI is InChI=1S/C22H26N4O/c1-4-8-21(19-9-6-5-7-10-19)22(27)25(3)17(2)18-11-13-20(14-12-18)26-16-23-15-24-26/h5-7,9-17,21H,4,8H2,1-3H3. The van der Waals surface area contributed by atoms with Crippen LogP contribution in [-0.2, 0) is 4.79 Å². The molecule has 1 aromatic heterocycles. The minimum absolute atomic E-state index is 0.00892. The summed E-state index contributed by atoms with van der Waals surface area (Å²) >= 11 is 0. The highest BCUT2D eigenvalue weighted by Crippen LogP contribution is 2.28. The molecule has 0 aliphatic heterocycles. The van der Waals surface area contributed by atoms with Crippen LogP contribution in [0.3, 0.4) is 0 Å². The highest BCUT2D eigenvalue weighted by molar-refractivity contribution is 5.84. The van der Waals surface area contributed by atoms with Gasteiger partial charge in [0.05, 0.1) is 17.6 Å². The lowest BCUT2D eigenvalue weighted by molar-refractivity contribution is -0.133. The minimum Gasteiger partial charge on any atom is -0.338 e. The van der Waals surface area contributed by atoms with Crippen LogP contribution in [0, 0.1) is 0 Å². The molecule has 5 heteroatoms. The molecule has 2 unspecified atom stereocenters. The molecule has 0 fully saturated rings. The average molecular weight is 362 g/mol. The van der Waals surface area contributed by atoms with Crippen molar-refractivity contribution < 1.29 is 4.79 Å². The Morgan fingerprint density at radius 1 is 1.07 bits per heavy atom. The number of hydrogen-bond acceptors (Lipinski definition) is 3. The molecule has 2 atom stereocenters. The summed E-state index contributed by atoms with van der Waals surface area (Å²) in [5.41, 5.74) is 3.13. The Kier molecular flexibility index (Phi) is 6.01. The maximum absolute atomic E-state index is 13.2. The lowest BCUT2D eigenvalue weighted by Gasteiger charge is -2.29. The van der Waals surface area contributed by atoms with E-state index in [9.17, 15) is 4.79 Å². The molecule has 2 aromatic carbocycles. The molecule has 1 amide bonds. The van der Waals surface area contributed by atoms with E-state index in [-0.39, 0.29) is 17.9 Å². The molecular weight excluding hydrogens is 336 g/mol. The average Bonchev–Trinajstić information content (AvgIpc) is 3.26. The van der Waals surface area contributed by atoms with Crippen LogP contribution in [0.4, 0.5) is 0 Å². The Morgan fingerprint density at radius 3 is 2.37 bits per heavy atom. The summed E-state index contributed by atoms with van der Waals surface area (Å²) in [6, 6.07) is 18.2. The fourth-order valence-corrected chi connectivity index (χ4v) is 3.31. The summed E-state index contributed by atoms with van der Waals surface area (Å²) < 4.78 is 1.72. The van der Waals surface area contributed by atoms with E-state index in [1.165, 1.54) is 6.33 Å². The summed E-state index contributed by atoms with van der Waals surface area (Å²) in [5.74, 6) is 0.0639. The number of benzene rings is 2. The highest BCUT2D eigenvalue weighted by atomic mass is 16.2. The van der Waals surface area contributed by atoms with E-state index in [1.807, 2.05) is 66.5 Å². The minimum atomic E-state index is -0.0990. The Labute approximate surface area is 160 Å². The molecule has 3 rings (SSSR count). The van der Waals surface area contributed by atoms with Gasteiger partial charge in [-0.3, -0.25) is 4.79 Å². The number of hydrogen-bond donors (Lipinski definition) is 0. The predicted molar refractivity (Wildman–Crippen MR) is 107 cm³/mol. The third-order valence-corrected chi connectivity index (χ3v) is 5.06. The van der Waals surface area contributed by atoms with E-state index in [0.29, 0.717) is 0 Å². The van der Waals surface area contributed by atoms with Gasteiger partial charge in [0.1, 0.15) is 12.7 Å². The van der Waals surface area contributed by atoms with Gasteiger partial charge < -0.3 is 4.90 Å². The zero-order valence-corrected chi connectivity index (χ0v) is 16.1. The van der Waals surface area contributed by atoms with Crippen LogP contribution in [0.2, 0.25) is 0 Å². The van der Waals surface area contributed by atoms with Crippen LogP contribution < -0.4 is 0 Å². The monoisotopic (exact) mass is 362 g/mol. The fourth-order valence-electron chi connectivity index (χ4n) is 3.31. The SMILES string of the molecule is CCCC(C(=O)N(C)C(C)c1ccc(-n2cncn2)cc1)c1ccccc1. The van der Waals surface area contributed by atoms with E-state index >= 15 is 0 Å². The van der Waals surface area contributed by atoms with Crippen molar-refractivity contribution in [2.24, 2.45) is 0 Å². The normalized spacial score (nSPS) is 13.1. The van der Waals surface area contributed by atoms with Gasteiger partial charge in [-0.25, -0.2) is 9.67 Å². The van der Waals surface area contributed by atoms with Crippen molar-refractivity contribution in [2.45, 2.75) is 38.6 Å². The number of rotatable bonds is 7. The van der Waals surface area contributed by atoms with Gasteiger partial charge in [0.2, 0.25) is 5.91 Å². The van der Waals surface area contributed by atoms with Crippen molar-refractivity contribution in [3.8, 4) is 5.69 Å². The number of carbonyl (C=O) groups is 1. The van der Waals surface area contributed by atoms with Gasteiger partial charge in [-0.15, -0.1) is 0 Å². The van der Waals surface area contributed by atoms with Gasteiger partial charge in [0.25, 0.3) is 0 Å². The Bertz CT molecular complexity index is 844. The fraction of sp³-hybridized carbons (Fsp3) is 0.318. The van der Waals surface area contributed by atoms with Gasteiger partial charge in [-0.05, 0) is 36.6 Å². The predicted octanol–water partition coefficient (Wildman–Crippen LogP) is 4.37. The first-order chi connectivity index (χ1) is 13.1. The molecule has 27 heavy (non-hydrogen) atoms. The molecule has 0 N–H and O–H groups in total. The van der Waals surface area contributed by atoms with E-state index in [1.54, 1.807) is 11.0 Å². The van der Waals surface area contributed by atoms with Gasteiger partial charge in [0, 0.05) is 7.05 Å². The number of nitrogens with zero attached hydrogens (tertiary/aromatic N) is 4. The lowest BCUT2D eigenvalue weighted by atomic mass is 9.92. The second-order valence-corrected chi connectivity index (χ2v) is 6.81. The molecule has 0 radical (unpaired) electrons. The number of likely N-dealkylation sites (N-methyl/N-ethyl adjacent to an activating group) is 1. The van der Waals surface area contributed by atoms with Gasteiger partial charge in [-0.2, -0.15) is 5.10 Å². The van der Waals surface area contributed by atoms with Gasteiger partial charge >= 0.3 is 0 Å². The molecule has 1 heterocycles. The van der Waals surface area contributed by atoms with Crippen molar-refractivity contribution in [3.63, 3.8) is 0 Å². The molecular formula is C22H26N4O. The Balaban J connectivity index is 1.77. The van der Waals surface area contributed by atoms with E-state index in [0.717, 1.165) is 29.7 Å². The smallest absolute Gasteiger partial charge is 0.230 e. The first kappa shape index (κ1) is 18.8. The summed E-state index contributed by atoms with van der Waals surface area (Å²) in [4.78, 5) is 19.0. The molecule has 0 spiro atoms. The summed E-state index contributed by atoms with van der Waals surface area (Å²) in [7, 11) is 1.89. The molecule has 5 nitrogen and oxygen atoms in total. The first-order valence-electron chi connectivity index (χ1n) is 9.38. The van der Waals surface area contributed by atoms with Crippen molar-refractivity contribution in [1.82, 2.24) is 19.7 Å². The number of amides is 1. The van der Waals surface area contributed by atoms with Crippen LogP contribution >= 0.6 is 0 Å². The maximum atomic E-state index is 13.2. The molecule has 0 aliphatic carbocycles. The van der Waals surface area contributed by atoms with Crippen LogP contribution in [0.25, 0.3) is 5.69 Å². The van der Waals surface area contributed by atoms with E-state index in [2.05, 4.69) is 23.9 Å². The van der Waals surface area contributed by atoms with Crippen molar-refractivity contribution in [2.75, 3.05) is 7.05 Å². The lowest BCUT2D eigenvalue weighted by Crippen LogP contribution is -2.34. The second-order valence-electron chi connectivity index (χ2n) is 6.81. The van der Waals surface area contributed by atoms with E-state index in [4.69, 9.17) is 0 Å². The maximum Gasteiger partial charge on any atom is 0.230 e. The van der Waals surface area contributed by atoms with Crippen LogP contribution in [0.5, 0.6) is 0 Å². The van der Waals surface area contributed by atoms with Crippen LogP contribution in [-0.4, -0.2) is 32.6 Å². The zero-order chi connectivity index (χ0) is 19.2.